The average molecular weight is 1060 g/mol. The molecule has 1 radical (unpaired) electrons. The molecule has 5 heteroatoms. The molecule has 0 aliphatic heterocycles. The molecule has 3 nitrogen and oxygen atoms in total. The summed E-state index contributed by atoms with van der Waals surface area (Å²) in [6.07, 6.45) is 3.84. The minimum Gasteiger partial charge on any atom is -0.657 e. The van der Waals surface area contributed by atoms with E-state index in [1.54, 1.807) is 0 Å². The van der Waals surface area contributed by atoms with Crippen LogP contribution in [-0.4, -0.2) is 12.6 Å². The van der Waals surface area contributed by atoms with E-state index in [2.05, 4.69) is 265 Å². The molecule has 0 atom stereocenters. The van der Waals surface area contributed by atoms with Gasteiger partial charge in [0.1, 0.15) is 0 Å². The first-order valence-electron chi connectivity index (χ1n) is 23.4. The van der Waals surface area contributed by atoms with Crippen molar-refractivity contribution in [2.45, 2.75) is 79.1 Å². The Morgan fingerprint density at radius 1 is 0.424 bits per heavy atom. The van der Waals surface area contributed by atoms with Gasteiger partial charge in [0.25, 0.3) is 6.33 Å². The van der Waals surface area contributed by atoms with Crippen molar-refractivity contribution in [2.24, 2.45) is 0 Å². The molecule has 0 saturated carbocycles. The quantitative estimate of drug-likeness (QED) is 0.0579. The molecule has 0 aliphatic carbocycles. The number of rotatable bonds is 10. The third-order valence-corrected chi connectivity index (χ3v) is 18.0. The Balaban J connectivity index is 0.000000177. The maximum Gasteiger partial charge on any atom is 0.269 e. The molecule has 10 aromatic rings. The summed E-state index contributed by atoms with van der Waals surface area (Å²) in [6.45, 7) is 18.3. The molecule has 2 heterocycles. The molecule has 0 bridgehead atoms. The Morgan fingerprint density at radius 2 is 0.864 bits per heavy atom. The van der Waals surface area contributed by atoms with Gasteiger partial charge in [0.15, 0.2) is 8.07 Å². The second kappa shape index (κ2) is 19.8. The Hall–Kier alpha value is -6.01. The summed E-state index contributed by atoms with van der Waals surface area (Å²) >= 11 is 0. The first-order valence-corrected chi connectivity index (χ1v) is 25.4. The molecule has 66 heavy (non-hydrogen) atoms. The van der Waals surface area contributed by atoms with E-state index in [9.17, 15) is 0 Å². The van der Waals surface area contributed by atoms with Crippen molar-refractivity contribution in [3.8, 4) is 11.4 Å². The molecule has 2 aromatic heterocycles. The summed E-state index contributed by atoms with van der Waals surface area (Å²) in [4.78, 5) is 4.99. The zero-order valence-corrected chi connectivity index (χ0v) is 42.6. The van der Waals surface area contributed by atoms with Crippen LogP contribution in [0.4, 0.5) is 0 Å². The summed E-state index contributed by atoms with van der Waals surface area (Å²) < 4.78 is 4.64. The van der Waals surface area contributed by atoms with Gasteiger partial charge < -0.3 is 4.98 Å². The van der Waals surface area contributed by atoms with Crippen LogP contribution in [-0.2, 0) is 22.4 Å². The zero-order valence-electron chi connectivity index (χ0n) is 39.4. The van der Waals surface area contributed by atoms with Crippen molar-refractivity contribution < 1.29 is 26.9 Å². The molecule has 0 fully saturated rings. The van der Waals surface area contributed by atoms with E-state index in [-0.39, 0.29) is 22.4 Å². The molecule has 0 saturated heterocycles. The van der Waals surface area contributed by atoms with Crippen LogP contribution in [0.25, 0.3) is 44.2 Å². The van der Waals surface area contributed by atoms with Gasteiger partial charge in [-0.1, -0.05) is 250 Å². The smallest absolute Gasteiger partial charge is 0.269 e. The molecule has 335 valence electrons. The fourth-order valence-electron chi connectivity index (χ4n) is 10.0. The number of imidazole rings is 1. The summed E-state index contributed by atoms with van der Waals surface area (Å²) in [5.41, 5.74) is 12.6. The monoisotopic (exact) mass is 1060 g/mol. The van der Waals surface area contributed by atoms with Gasteiger partial charge in [-0.25, -0.2) is 0 Å². The topological polar surface area (TPSA) is 22.9 Å². The largest absolute Gasteiger partial charge is 0.657 e. The van der Waals surface area contributed by atoms with Gasteiger partial charge in [-0.2, -0.15) is 0 Å². The summed E-state index contributed by atoms with van der Waals surface area (Å²) in [5.74, 6) is 1.71. The van der Waals surface area contributed by atoms with E-state index < -0.39 is 8.07 Å². The van der Waals surface area contributed by atoms with Crippen LogP contribution >= 0.6 is 0 Å². The van der Waals surface area contributed by atoms with Crippen LogP contribution < -0.4 is 30.3 Å². The number of aromatic nitrogens is 3. The van der Waals surface area contributed by atoms with Gasteiger partial charge in [-0.15, -0.1) is 11.0 Å². The number of para-hydroxylation sites is 5. The van der Waals surface area contributed by atoms with Crippen molar-refractivity contribution in [2.75, 3.05) is 0 Å². The summed E-state index contributed by atoms with van der Waals surface area (Å²) in [7, 11) is -2.51. The number of hydrogen-bond acceptors (Lipinski definition) is 0. The third kappa shape index (κ3) is 8.48. The number of fused-ring (bicyclic) bond motifs is 4. The molecule has 0 spiro atoms. The van der Waals surface area contributed by atoms with Gasteiger partial charge in [0.05, 0.1) is 22.4 Å². The molecule has 0 unspecified atom stereocenters. The Morgan fingerprint density at radius 3 is 1.38 bits per heavy atom. The van der Waals surface area contributed by atoms with E-state index in [0.29, 0.717) is 23.7 Å². The van der Waals surface area contributed by atoms with Crippen molar-refractivity contribution in [3.05, 3.63) is 223 Å². The van der Waals surface area contributed by atoms with Gasteiger partial charge in [0, 0.05) is 22.4 Å². The molecule has 10 rings (SSSR count). The fourth-order valence-corrected chi connectivity index (χ4v) is 14.8. The van der Waals surface area contributed by atoms with E-state index in [4.69, 9.17) is 4.98 Å². The standard InChI is InChI=1S/C31H38N2.C30H22NSi.Au/c1-20(2)24-13-11-14-25(21(3)4)30(24)32-19-33(29-18-10-9-17-28(29)32)31-26(22(5)6)15-12-16-27(31)23(7)8;1-4-12-23(13-5-1)32(24-14-6-2-7-15-24,25-16-8-3-9-17-25)26-20-21-28-27-18-10-11-19-29(27)31-30(28)22-26;/h9-18,20-23H,1-8H3;1-22H;/q;-1;. The average Bonchev–Trinajstić information content (AvgIpc) is 3.91. The number of hydrogen-bond donors (Lipinski definition) is 0. The van der Waals surface area contributed by atoms with Crippen LogP contribution in [0.3, 0.4) is 0 Å². The molecule has 8 aromatic carbocycles. The number of nitrogens with zero attached hydrogens (tertiary/aromatic N) is 3. The predicted octanol–water partition coefficient (Wildman–Crippen LogP) is 12.5. The molecular formula is C61H60AuN3Si-. The van der Waals surface area contributed by atoms with E-state index >= 15 is 0 Å². The van der Waals surface area contributed by atoms with Crippen molar-refractivity contribution in [1.82, 2.24) is 9.55 Å². The Kier molecular flexibility index (Phi) is 14.0. The van der Waals surface area contributed by atoms with E-state index in [0.717, 1.165) is 11.0 Å². The maximum absolute atomic E-state index is 4.99. The molecule has 0 aliphatic rings. The van der Waals surface area contributed by atoms with Crippen LogP contribution in [0, 0.1) is 6.33 Å². The predicted molar refractivity (Wildman–Crippen MR) is 278 cm³/mol. The minimum atomic E-state index is -2.51. The number of benzene rings is 8. The minimum absolute atomic E-state index is 0. The summed E-state index contributed by atoms with van der Waals surface area (Å²) in [5, 5.41) is 7.95. The van der Waals surface area contributed by atoms with Crippen molar-refractivity contribution in [1.29, 1.82) is 0 Å². The Labute approximate surface area is 408 Å². The fraction of sp³-hybridized carbons (Fsp3) is 0.197. The van der Waals surface area contributed by atoms with Crippen molar-refractivity contribution in [3.63, 3.8) is 0 Å². The van der Waals surface area contributed by atoms with Gasteiger partial charge in [0.2, 0.25) is 0 Å². The van der Waals surface area contributed by atoms with Crippen LogP contribution in [0.2, 0.25) is 0 Å². The second-order valence-electron chi connectivity index (χ2n) is 18.7. The SMILES string of the molecule is CC(C)c1cccc(C(C)C)c1-n1[c-][n+](-c2c(C(C)C)cccc2C(C)C)c2ccccc21.[Au].c1ccc([Si](c2ccccc2)(c2ccccc2)c2ccc3c(c2)[n-]c2ccccc23)cc1. The first kappa shape index (κ1) is 46.5. The third-order valence-electron chi connectivity index (χ3n) is 13.2. The van der Waals surface area contributed by atoms with E-state index in [1.807, 2.05) is 0 Å². The summed E-state index contributed by atoms with van der Waals surface area (Å²) in [6, 6.07) is 70.7. The first-order chi connectivity index (χ1) is 31.6. The second-order valence-corrected chi connectivity index (χ2v) is 22.5. The van der Waals surface area contributed by atoms with Gasteiger partial charge in [-0.3, -0.25) is 9.13 Å². The molecule has 0 N–H and O–H groups in total. The molecule has 0 amide bonds. The molecular weight excluding hydrogens is 1000 g/mol. The normalized spacial score (nSPS) is 11.8. The van der Waals surface area contributed by atoms with Gasteiger partial charge >= 0.3 is 0 Å². The maximum atomic E-state index is 4.99. The zero-order chi connectivity index (χ0) is 45.2. The van der Waals surface area contributed by atoms with E-state index in [1.165, 1.54) is 76.2 Å². The van der Waals surface area contributed by atoms with Gasteiger partial charge in [-0.05, 0) is 77.4 Å². The van der Waals surface area contributed by atoms with Crippen LogP contribution in [0.5, 0.6) is 0 Å². The Bertz CT molecular complexity index is 2970. The van der Waals surface area contributed by atoms with Crippen LogP contribution in [0.15, 0.2) is 194 Å². The van der Waals surface area contributed by atoms with Crippen LogP contribution in [0.1, 0.15) is 101 Å². The van der Waals surface area contributed by atoms with Crippen molar-refractivity contribution >= 4 is 61.7 Å².